The highest BCUT2D eigenvalue weighted by molar-refractivity contribution is 5.75. The summed E-state index contributed by atoms with van der Waals surface area (Å²) in [7, 11) is 1.32. The monoisotopic (exact) mass is 285 g/mol. The Labute approximate surface area is 114 Å². The van der Waals surface area contributed by atoms with Crippen LogP contribution in [0, 0.1) is 11.3 Å². The van der Waals surface area contributed by atoms with Gasteiger partial charge in [-0.3, -0.25) is 4.79 Å². The Morgan fingerprint density at radius 1 is 1.45 bits per heavy atom. The molecule has 0 saturated carbocycles. The lowest BCUT2D eigenvalue weighted by molar-refractivity contribution is -0.142. The number of benzene rings is 1. The van der Waals surface area contributed by atoms with E-state index in [9.17, 15) is 13.6 Å². The molecule has 1 rings (SSSR count). The summed E-state index contributed by atoms with van der Waals surface area (Å²) in [5.41, 5.74) is -0.0456. The number of carbonyl (C=O) groups is 1. The summed E-state index contributed by atoms with van der Waals surface area (Å²) in [4.78, 5) is 11.5. The lowest BCUT2D eigenvalue weighted by atomic mass is 10.1. The molecule has 0 aliphatic carbocycles. The Morgan fingerprint density at radius 2 is 2.15 bits per heavy atom. The number of hydrogen-bond acceptors (Lipinski definition) is 5. The zero-order chi connectivity index (χ0) is 15.1. The van der Waals surface area contributed by atoms with Crippen LogP contribution in [0.25, 0.3) is 0 Å². The van der Waals surface area contributed by atoms with Crippen molar-refractivity contribution < 1.29 is 27.8 Å². The first-order valence-corrected chi connectivity index (χ1v) is 5.73. The number of nitrogens with zero attached hydrogens (tertiary/aromatic N) is 1. The topological polar surface area (TPSA) is 68.5 Å². The second-order valence-corrected chi connectivity index (χ2v) is 3.60. The number of rotatable bonds is 6. The molecule has 0 saturated heterocycles. The van der Waals surface area contributed by atoms with Gasteiger partial charge in [0.2, 0.25) is 0 Å². The molecular weight excluding hydrogens is 272 g/mol. The third-order valence-corrected chi connectivity index (χ3v) is 2.39. The highest BCUT2D eigenvalue weighted by Gasteiger charge is 2.21. The smallest absolute Gasteiger partial charge is 0.387 e. The van der Waals surface area contributed by atoms with Gasteiger partial charge in [0.25, 0.3) is 0 Å². The van der Waals surface area contributed by atoms with E-state index in [2.05, 4.69) is 4.74 Å². The Kier molecular flexibility index (Phi) is 5.72. The molecule has 0 spiro atoms. The Balaban J connectivity index is 3.27. The van der Waals surface area contributed by atoms with Gasteiger partial charge in [-0.25, -0.2) is 0 Å². The van der Waals surface area contributed by atoms with Gasteiger partial charge in [-0.2, -0.15) is 14.0 Å². The second kappa shape index (κ2) is 7.28. The average molecular weight is 285 g/mol. The maximum atomic E-state index is 12.4. The lowest BCUT2D eigenvalue weighted by Gasteiger charge is -2.15. The molecule has 1 aromatic rings. The zero-order valence-corrected chi connectivity index (χ0v) is 11.0. The summed E-state index contributed by atoms with van der Waals surface area (Å²) >= 11 is 0. The fourth-order valence-corrected chi connectivity index (χ4v) is 1.64. The molecule has 20 heavy (non-hydrogen) atoms. The minimum absolute atomic E-state index is 0.0605. The molecule has 0 aromatic heterocycles. The first-order valence-electron chi connectivity index (χ1n) is 5.73. The van der Waals surface area contributed by atoms with Crippen molar-refractivity contribution in [1.29, 1.82) is 5.26 Å². The maximum Gasteiger partial charge on any atom is 0.387 e. The highest BCUT2D eigenvalue weighted by atomic mass is 19.3. The van der Waals surface area contributed by atoms with Gasteiger partial charge in [-0.15, -0.1) is 0 Å². The van der Waals surface area contributed by atoms with E-state index in [0.717, 1.165) is 0 Å². The van der Waals surface area contributed by atoms with E-state index in [1.807, 2.05) is 0 Å². The number of ether oxygens (including phenoxy) is 3. The van der Waals surface area contributed by atoms with Crippen molar-refractivity contribution in [3.05, 3.63) is 23.3 Å². The predicted molar refractivity (Wildman–Crippen MR) is 64.7 cm³/mol. The highest BCUT2D eigenvalue weighted by Crippen LogP contribution is 2.33. The van der Waals surface area contributed by atoms with Crippen molar-refractivity contribution in [2.75, 3.05) is 13.7 Å². The van der Waals surface area contributed by atoms with Gasteiger partial charge in [0, 0.05) is 5.56 Å². The first-order chi connectivity index (χ1) is 9.53. The number of hydrogen-bond donors (Lipinski definition) is 0. The third-order valence-electron chi connectivity index (χ3n) is 2.39. The molecule has 0 heterocycles. The van der Waals surface area contributed by atoms with Crippen molar-refractivity contribution in [1.82, 2.24) is 0 Å². The molecule has 0 fully saturated rings. The predicted octanol–water partition coefficient (Wildman–Crippen LogP) is 2.27. The summed E-state index contributed by atoms with van der Waals surface area (Å²) < 4.78 is 39.0. The van der Waals surface area contributed by atoms with Crippen LogP contribution in [0.3, 0.4) is 0 Å². The Hall–Kier alpha value is -2.36. The van der Waals surface area contributed by atoms with Crippen LogP contribution in [-0.2, 0) is 16.0 Å². The molecule has 0 aliphatic rings. The SMILES string of the molecule is CCOC(=O)Cc1c(OC)ccc(C#N)c1OC(F)F. The molecule has 0 amide bonds. The van der Waals surface area contributed by atoms with Gasteiger partial charge in [-0.05, 0) is 19.1 Å². The lowest BCUT2D eigenvalue weighted by Crippen LogP contribution is -2.13. The maximum absolute atomic E-state index is 12.4. The number of alkyl halides is 2. The van der Waals surface area contributed by atoms with Crippen molar-refractivity contribution in [2.45, 2.75) is 20.0 Å². The minimum Gasteiger partial charge on any atom is -0.496 e. The van der Waals surface area contributed by atoms with Gasteiger partial charge in [0.05, 0.1) is 25.7 Å². The van der Waals surface area contributed by atoms with Gasteiger partial charge in [-0.1, -0.05) is 0 Å². The van der Waals surface area contributed by atoms with E-state index in [1.165, 1.54) is 19.2 Å². The van der Waals surface area contributed by atoms with Crippen LogP contribution in [0.5, 0.6) is 11.5 Å². The molecule has 0 bridgehead atoms. The molecule has 1 aromatic carbocycles. The molecule has 5 nitrogen and oxygen atoms in total. The van der Waals surface area contributed by atoms with Crippen molar-refractivity contribution >= 4 is 5.97 Å². The number of nitriles is 1. The van der Waals surface area contributed by atoms with Gasteiger partial charge >= 0.3 is 12.6 Å². The van der Waals surface area contributed by atoms with Crippen LogP contribution in [0.15, 0.2) is 12.1 Å². The molecule has 0 unspecified atom stereocenters. The summed E-state index contributed by atoms with van der Waals surface area (Å²) in [6, 6.07) is 4.42. The fraction of sp³-hybridized carbons (Fsp3) is 0.385. The summed E-state index contributed by atoms with van der Waals surface area (Å²) in [5, 5.41) is 8.92. The molecule has 0 radical (unpaired) electrons. The van der Waals surface area contributed by atoms with Crippen LogP contribution < -0.4 is 9.47 Å². The molecular formula is C13H13F2NO4. The number of halogens is 2. The van der Waals surface area contributed by atoms with Gasteiger partial charge in [0.15, 0.2) is 5.75 Å². The van der Waals surface area contributed by atoms with E-state index in [-0.39, 0.29) is 35.7 Å². The number of carbonyl (C=O) groups excluding carboxylic acids is 1. The summed E-state index contributed by atoms with van der Waals surface area (Å²) in [5.74, 6) is -0.817. The van der Waals surface area contributed by atoms with Crippen LogP contribution in [0.4, 0.5) is 8.78 Å². The third kappa shape index (κ3) is 3.82. The zero-order valence-electron chi connectivity index (χ0n) is 11.0. The van der Waals surface area contributed by atoms with E-state index >= 15 is 0 Å². The van der Waals surface area contributed by atoms with E-state index < -0.39 is 12.6 Å². The van der Waals surface area contributed by atoms with Gasteiger partial charge in [0.1, 0.15) is 11.8 Å². The van der Waals surface area contributed by atoms with Crippen LogP contribution in [-0.4, -0.2) is 26.3 Å². The van der Waals surface area contributed by atoms with Crippen LogP contribution in [0.1, 0.15) is 18.1 Å². The van der Waals surface area contributed by atoms with Crippen LogP contribution >= 0.6 is 0 Å². The molecule has 7 heteroatoms. The number of methoxy groups -OCH3 is 1. The molecule has 0 aliphatic heterocycles. The Bertz CT molecular complexity index is 526. The van der Waals surface area contributed by atoms with E-state index in [1.54, 1.807) is 13.0 Å². The van der Waals surface area contributed by atoms with Gasteiger partial charge < -0.3 is 14.2 Å². The van der Waals surface area contributed by atoms with Crippen LogP contribution in [0.2, 0.25) is 0 Å². The number of esters is 1. The quantitative estimate of drug-likeness (QED) is 0.750. The van der Waals surface area contributed by atoms with E-state index in [4.69, 9.17) is 14.7 Å². The van der Waals surface area contributed by atoms with E-state index in [0.29, 0.717) is 0 Å². The van der Waals surface area contributed by atoms with Crippen molar-refractivity contribution in [3.63, 3.8) is 0 Å². The normalized spacial score (nSPS) is 10.0. The molecule has 0 N–H and O–H groups in total. The second-order valence-electron chi connectivity index (χ2n) is 3.60. The average Bonchev–Trinajstić information content (AvgIpc) is 2.40. The summed E-state index contributed by atoms with van der Waals surface area (Å²) in [6.07, 6.45) is -0.325. The minimum atomic E-state index is -3.12. The summed E-state index contributed by atoms with van der Waals surface area (Å²) in [6.45, 7) is -1.34. The van der Waals surface area contributed by atoms with Crippen molar-refractivity contribution in [2.24, 2.45) is 0 Å². The fourth-order valence-electron chi connectivity index (χ4n) is 1.64. The largest absolute Gasteiger partial charge is 0.496 e. The molecule has 0 atom stereocenters. The van der Waals surface area contributed by atoms with Crippen molar-refractivity contribution in [3.8, 4) is 17.6 Å². The first kappa shape index (κ1) is 15.7. The molecule has 108 valence electrons. The Morgan fingerprint density at radius 3 is 2.65 bits per heavy atom. The standard InChI is InChI=1S/C13H13F2NO4/c1-3-19-11(17)6-9-10(18-2)5-4-8(7-16)12(9)20-13(14)15/h4-5,13H,3,6H2,1-2H3.